The van der Waals surface area contributed by atoms with Crippen LogP contribution in [0.5, 0.6) is 0 Å². The Morgan fingerprint density at radius 1 is 0.606 bits per heavy atom. The number of hydrogen-bond acceptors (Lipinski definition) is 1. The van der Waals surface area contributed by atoms with Crippen molar-refractivity contribution in [3.63, 3.8) is 0 Å². The van der Waals surface area contributed by atoms with E-state index in [1.165, 1.54) is 44.0 Å². The fourth-order valence-electron chi connectivity index (χ4n) is 4.91. The third-order valence-corrected chi connectivity index (χ3v) is 6.49. The van der Waals surface area contributed by atoms with Gasteiger partial charge in [0.1, 0.15) is 0 Å². The van der Waals surface area contributed by atoms with Crippen LogP contribution in [0, 0.1) is 0 Å². The molecule has 6 rings (SSSR count). The predicted octanol–water partition coefficient (Wildman–Crippen LogP) is 8.90. The number of nitrogens with zero attached hydrogens (tertiary/aromatic N) is 1. The molecule has 2 nitrogen and oxygen atoms in total. The Morgan fingerprint density at radius 3 is 2.15 bits per heavy atom. The lowest BCUT2D eigenvalue weighted by Gasteiger charge is -2.27. The van der Waals surface area contributed by atoms with Crippen molar-refractivity contribution < 1.29 is 0 Å². The lowest BCUT2D eigenvalue weighted by atomic mass is 10.0. The van der Waals surface area contributed by atoms with Crippen LogP contribution in [0.3, 0.4) is 0 Å². The van der Waals surface area contributed by atoms with Gasteiger partial charge in [-0.3, -0.25) is 0 Å². The quantitative estimate of drug-likeness (QED) is 0.291. The van der Waals surface area contributed by atoms with E-state index < -0.39 is 0 Å². The molecule has 1 aromatic heterocycles. The molecule has 33 heavy (non-hydrogen) atoms. The highest BCUT2D eigenvalue weighted by Gasteiger charge is 2.16. The van der Waals surface area contributed by atoms with E-state index in [1.807, 2.05) is 0 Å². The van der Waals surface area contributed by atoms with Crippen molar-refractivity contribution in [1.82, 2.24) is 4.98 Å². The third kappa shape index (κ3) is 3.44. The van der Waals surface area contributed by atoms with Gasteiger partial charge in [0.05, 0.1) is 5.69 Å². The standard InChI is InChI=1S/C31H26N2/c1-2-8-22-15-17-24(18-16-22)33(31-14-7-10-23-9-3-4-11-26(23)31)25-19-20-28-27-12-5-6-13-29(27)32-30(28)21-25/h3-7,9-21,32H,2,8H2,1H3. The van der Waals surface area contributed by atoms with Crippen LogP contribution in [0.4, 0.5) is 17.1 Å². The Hall–Kier alpha value is -4.04. The number of anilines is 3. The van der Waals surface area contributed by atoms with E-state index in [1.54, 1.807) is 0 Å². The molecule has 160 valence electrons. The molecule has 6 aromatic rings. The molecule has 0 aliphatic rings. The Labute approximate surface area is 194 Å². The van der Waals surface area contributed by atoms with Crippen LogP contribution in [0.25, 0.3) is 32.6 Å². The van der Waals surface area contributed by atoms with Crippen LogP contribution in [0.15, 0.2) is 109 Å². The smallest absolute Gasteiger partial charge is 0.0540 e. The first-order chi connectivity index (χ1) is 16.3. The fraction of sp³-hybridized carbons (Fsp3) is 0.0968. The highest BCUT2D eigenvalue weighted by Crippen LogP contribution is 2.40. The molecular formula is C31H26N2. The second-order valence-electron chi connectivity index (χ2n) is 8.65. The average molecular weight is 427 g/mol. The van der Waals surface area contributed by atoms with Gasteiger partial charge in [0.15, 0.2) is 0 Å². The summed E-state index contributed by atoms with van der Waals surface area (Å²) in [6, 6.07) is 39.5. The maximum Gasteiger partial charge on any atom is 0.0540 e. The summed E-state index contributed by atoms with van der Waals surface area (Å²) in [5.74, 6) is 0. The van der Waals surface area contributed by atoms with Crippen LogP contribution in [-0.2, 0) is 6.42 Å². The summed E-state index contributed by atoms with van der Waals surface area (Å²) in [6.07, 6.45) is 2.26. The minimum Gasteiger partial charge on any atom is -0.354 e. The summed E-state index contributed by atoms with van der Waals surface area (Å²) in [7, 11) is 0. The normalized spacial score (nSPS) is 11.4. The van der Waals surface area contributed by atoms with Crippen LogP contribution < -0.4 is 4.90 Å². The summed E-state index contributed by atoms with van der Waals surface area (Å²) in [6.45, 7) is 2.23. The zero-order valence-corrected chi connectivity index (χ0v) is 18.8. The number of hydrogen-bond donors (Lipinski definition) is 1. The number of benzene rings is 5. The van der Waals surface area contributed by atoms with Gasteiger partial charge in [0.2, 0.25) is 0 Å². The number of para-hydroxylation sites is 1. The van der Waals surface area contributed by atoms with Crippen molar-refractivity contribution in [2.45, 2.75) is 19.8 Å². The van der Waals surface area contributed by atoms with Crippen molar-refractivity contribution in [2.75, 3.05) is 4.90 Å². The number of fused-ring (bicyclic) bond motifs is 4. The van der Waals surface area contributed by atoms with E-state index in [9.17, 15) is 0 Å². The Morgan fingerprint density at radius 2 is 1.30 bits per heavy atom. The number of nitrogens with one attached hydrogen (secondary N) is 1. The monoisotopic (exact) mass is 426 g/mol. The van der Waals surface area contributed by atoms with Crippen LogP contribution in [-0.4, -0.2) is 4.98 Å². The first-order valence-electron chi connectivity index (χ1n) is 11.7. The minimum atomic E-state index is 1.11. The van der Waals surface area contributed by atoms with Gasteiger partial charge in [-0.05, 0) is 53.8 Å². The van der Waals surface area contributed by atoms with E-state index in [0.29, 0.717) is 0 Å². The second kappa shape index (κ2) is 8.14. The lowest BCUT2D eigenvalue weighted by molar-refractivity contribution is 0.922. The molecule has 0 radical (unpaired) electrons. The van der Waals surface area contributed by atoms with E-state index in [4.69, 9.17) is 0 Å². The van der Waals surface area contributed by atoms with Gasteiger partial charge in [-0.1, -0.05) is 86.1 Å². The molecule has 0 aliphatic carbocycles. The molecule has 0 saturated carbocycles. The van der Waals surface area contributed by atoms with Crippen molar-refractivity contribution in [3.8, 4) is 0 Å². The van der Waals surface area contributed by atoms with Crippen molar-refractivity contribution in [1.29, 1.82) is 0 Å². The maximum atomic E-state index is 3.61. The molecule has 0 bridgehead atoms. The Balaban J connectivity index is 1.57. The molecule has 0 saturated heterocycles. The SMILES string of the molecule is CCCc1ccc(N(c2ccc3c(c2)[nH]c2ccccc23)c2cccc3ccccc23)cc1. The molecule has 0 amide bonds. The third-order valence-electron chi connectivity index (χ3n) is 6.49. The summed E-state index contributed by atoms with van der Waals surface area (Å²) in [4.78, 5) is 5.99. The van der Waals surface area contributed by atoms with Crippen molar-refractivity contribution in [3.05, 3.63) is 115 Å². The number of H-pyrrole nitrogens is 1. The molecule has 0 fully saturated rings. The van der Waals surface area contributed by atoms with E-state index >= 15 is 0 Å². The zero-order valence-electron chi connectivity index (χ0n) is 18.8. The van der Waals surface area contributed by atoms with Crippen LogP contribution in [0.1, 0.15) is 18.9 Å². The fourth-order valence-corrected chi connectivity index (χ4v) is 4.91. The van der Waals surface area contributed by atoms with E-state index in [0.717, 1.165) is 24.0 Å². The van der Waals surface area contributed by atoms with Gasteiger partial charge in [0.25, 0.3) is 0 Å². The predicted molar refractivity (Wildman–Crippen MR) is 142 cm³/mol. The van der Waals surface area contributed by atoms with E-state index in [-0.39, 0.29) is 0 Å². The summed E-state index contributed by atoms with van der Waals surface area (Å²) in [5, 5.41) is 5.01. The van der Waals surface area contributed by atoms with Gasteiger partial charge in [-0.15, -0.1) is 0 Å². The molecule has 0 atom stereocenters. The Kier molecular flexibility index (Phi) is 4.84. The van der Waals surface area contributed by atoms with Gasteiger partial charge in [0, 0.05) is 38.6 Å². The topological polar surface area (TPSA) is 19.0 Å². The highest BCUT2D eigenvalue weighted by atomic mass is 15.1. The molecule has 0 spiro atoms. The van der Waals surface area contributed by atoms with Gasteiger partial charge >= 0.3 is 0 Å². The van der Waals surface area contributed by atoms with Gasteiger partial charge < -0.3 is 9.88 Å². The summed E-state index contributed by atoms with van der Waals surface area (Å²) >= 11 is 0. The number of rotatable bonds is 5. The molecule has 0 aliphatic heterocycles. The first-order valence-corrected chi connectivity index (χ1v) is 11.7. The second-order valence-corrected chi connectivity index (χ2v) is 8.65. The molecule has 2 heteroatoms. The first kappa shape index (κ1) is 19.6. The molecular weight excluding hydrogens is 400 g/mol. The van der Waals surface area contributed by atoms with Crippen molar-refractivity contribution in [2.24, 2.45) is 0 Å². The summed E-state index contributed by atoms with van der Waals surface area (Å²) < 4.78 is 0. The number of aromatic nitrogens is 1. The highest BCUT2D eigenvalue weighted by molar-refractivity contribution is 6.09. The largest absolute Gasteiger partial charge is 0.354 e. The average Bonchev–Trinajstić information content (AvgIpc) is 3.23. The van der Waals surface area contributed by atoms with Gasteiger partial charge in [-0.25, -0.2) is 0 Å². The van der Waals surface area contributed by atoms with Crippen LogP contribution >= 0.6 is 0 Å². The number of aromatic amines is 1. The number of aryl methyl sites for hydroxylation is 1. The van der Waals surface area contributed by atoms with E-state index in [2.05, 4.69) is 126 Å². The van der Waals surface area contributed by atoms with Gasteiger partial charge in [-0.2, -0.15) is 0 Å². The molecule has 1 heterocycles. The minimum absolute atomic E-state index is 1.11. The summed E-state index contributed by atoms with van der Waals surface area (Å²) in [5.41, 5.74) is 7.21. The molecule has 5 aromatic carbocycles. The maximum absolute atomic E-state index is 3.61. The van der Waals surface area contributed by atoms with Crippen LogP contribution in [0.2, 0.25) is 0 Å². The Bertz CT molecular complexity index is 1570. The zero-order chi connectivity index (χ0) is 22.2. The molecule has 0 unspecified atom stereocenters. The van der Waals surface area contributed by atoms with Crippen molar-refractivity contribution >= 4 is 49.6 Å². The molecule has 1 N–H and O–H groups in total. The lowest BCUT2D eigenvalue weighted by Crippen LogP contribution is -2.10.